The molecule has 0 nitrogen and oxygen atoms in total. The van der Waals surface area contributed by atoms with Crippen LogP contribution >= 0.6 is 15.9 Å². The van der Waals surface area contributed by atoms with Gasteiger partial charge in [-0.2, -0.15) is 0 Å². The molecular weight excluding hydrogens is 224 g/mol. The van der Waals surface area contributed by atoms with Gasteiger partial charge < -0.3 is 0 Å². The van der Waals surface area contributed by atoms with Gasteiger partial charge in [0.1, 0.15) is 0 Å². The Balaban J connectivity index is 3.57. The number of hydrogen-bond donors (Lipinski definition) is 0. The minimum absolute atomic E-state index is 0.558. The van der Waals surface area contributed by atoms with E-state index < -0.39 is 0 Å². The molecule has 0 aliphatic rings. The predicted octanol–water partition coefficient (Wildman–Crippen LogP) is 5.16. The quantitative estimate of drug-likeness (QED) is 0.412. The number of halogens is 1. The lowest BCUT2D eigenvalue weighted by molar-refractivity contribution is 0.301. The van der Waals surface area contributed by atoms with Crippen molar-refractivity contribution in [1.82, 2.24) is 0 Å². The summed E-state index contributed by atoms with van der Waals surface area (Å²) in [6, 6.07) is 0. The molecule has 0 rings (SSSR count). The normalized spacial score (nSPS) is 15.7. The van der Waals surface area contributed by atoms with E-state index in [1.807, 2.05) is 0 Å². The molecule has 13 heavy (non-hydrogen) atoms. The van der Waals surface area contributed by atoms with Crippen LogP contribution in [-0.4, -0.2) is 5.33 Å². The molecule has 1 heteroatoms. The van der Waals surface area contributed by atoms with Gasteiger partial charge in [-0.05, 0) is 18.3 Å². The molecule has 0 N–H and O–H groups in total. The third-order valence-corrected chi connectivity index (χ3v) is 4.16. The van der Waals surface area contributed by atoms with Crippen LogP contribution in [0, 0.1) is 5.41 Å². The highest BCUT2D eigenvalue weighted by Crippen LogP contribution is 2.31. The lowest BCUT2D eigenvalue weighted by Gasteiger charge is -2.26. The molecule has 0 aromatic rings. The summed E-state index contributed by atoms with van der Waals surface area (Å²) in [4.78, 5) is 0. The molecule has 0 aromatic carbocycles. The fourth-order valence-corrected chi connectivity index (χ4v) is 2.40. The number of rotatable bonds is 8. The van der Waals surface area contributed by atoms with E-state index in [9.17, 15) is 0 Å². The summed E-state index contributed by atoms with van der Waals surface area (Å²) in [6.07, 6.45) is 9.66. The maximum atomic E-state index is 3.64. The minimum atomic E-state index is 0.558. The van der Waals surface area contributed by atoms with E-state index >= 15 is 0 Å². The van der Waals surface area contributed by atoms with E-state index in [-0.39, 0.29) is 0 Å². The third-order valence-electron chi connectivity index (χ3n) is 2.81. The van der Waals surface area contributed by atoms with E-state index in [0.717, 1.165) is 0 Å². The first-order valence-corrected chi connectivity index (χ1v) is 6.86. The van der Waals surface area contributed by atoms with Crippen LogP contribution in [0.5, 0.6) is 0 Å². The maximum Gasteiger partial charge on any atom is 0.00853 e. The molecule has 0 aliphatic carbocycles. The Morgan fingerprint density at radius 1 is 0.923 bits per heavy atom. The zero-order valence-corrected chi connectivity index (χ0v) is 11.1. The van der Waals surface area contributed by atoms with Gasteiger partial charge in [-0.3, -0.25) is 0 Å². The van der Waals surface area contributed by atoms with Crippen molar-refractivity contribution in [2.75, 3.05) is 5.33 Å². The van der Waals surface area contributed by atoms with Crippen molar-refractivity contribution in [2.24, 2.45) is 5.41 Å². The average Bonchev–Trinajstić information content (AvgIpc) is 2.13. The maximum absolute atomic E-state index is 3.64. The molecule has 0 aromatic heterocycles. The zero-order chi connectivity index (χ0) is 10.2. The van der Waals surface area contributed by atoms with Crippen molar-refractivity contribution in [3.63, 3.8) is 0 Å². The van der Waals surface area contributed by atoms with Gasteiger partial charge in [-0.15, -0.1) is 0 Å². The summed E-state index contributed by atoms with van der Waals surface area (Å²) in [6.45, 7) is 6.97. The molecule has 0 spiro atoms. The topological polar surface area (TPSA) is 0 Å². The van der Waals surface area contributed by atoms with Crippen LogP contribution in [-0.2, 0) is 0 Å². The molecule has 0 radical (unpaired) electrons. The second-order valence-corrected chi connectivity index (χ2v) is 5.07. The number of alkyl halides is 1. The second kappa shape index (κ2) is 7.84. The van der Waals surface area contributed by atoms with Crippen LogP contribution in [0.15, 0.2) is 0 Å². The summed E-state index contributed by atoms with van der Waals surface area (Å²) >= 11 is 3.64. The Morgan fingerprint density at radius 3 is 2.08 bits per heavy atom. The fraction of sp³-hybridized carbons (Fsp3) is 1.00. The molecule has 0 fully saturated rings. The molecule has 1 unspecified atom stereocenters. The number of unbranched alkanes of at least 4 members (excludes halogenated alkanes) is 3. The first-order chi connectivity index (χ1) is 6.18. The van der Waals surface area contributed by atoms with E-state index in [1.54, 1.807) is 0 Å². The monoisotopic (exact) mass is 248 g/mol. The molecule has 1 atom stereocenters. The largest absolute Gasteiger partial charge is 0.0922 e. The molecule has 80 valence electrons. The summed E-state index contributed by atoms with van der Waals surface area (Å²) in [5.74, 6) is 0. The highest BCUT2D eigenvalue weighted by molar-refractivity contribution is 9.09. The van der Waals surface area contributed by atoms with Gasteiger partial charge in [0.15, 0.2) is 0 Å². The van der Waals surface area contributed by atoms with Gasteiger partial charge in [0.25, 0.3) is 0 Å². The van der Waals surface area contributed by atoms with E-state index in [0.29, 0.717) is 5.41 Å². The second-order valence-electron chi connectivity index (χ2n) is 4.50. The van der Waals surface area contributed by atoms with Crippen molar-refractivity contribution in [1.29, 1.82) is 0 Å². The van der Waals surface area contributed by atoms with Crippen molar-refractivity contribution in [2.45, 2.75) is 65.7 Å². The average molecular weight is 249 g/mol. The first-order valence-electron chi connectivity index (χ1n) is 5.74. The molecule has 0 saturated carbocycles. The minimum Gasteiger partial charge on any atom is -0.0922 e. The van der Waals surface area contributed by atoms with Crippen LogP contribution in [0.25, 0.3) is 0 Å². The van der Waals surface area contributed by atoms with Crippen LogP contribution < -0.4 is 0 Å². The summed E-state index contributed by atoms with van der Waals surface area (Å²) in [7, 11) is 0. The van der Waals surface area contributed by atoms with Crippen molar-refractivity contribution in [3.05, 3.63) is 0 Å². The molecule has 0 aliphatic heterocycles. The summed E-state index contributed by atoms with van der Waals surface area (Å²) in [5, 5.41) is 1.17. The van der Waals surface area contributed by atoms with Crippen LogP contribution in [0.3, 0.4) is 0 Å². The fourth-order valence-electron chi connectivity index (χ4n) is 1.84. The zero-order valence-electron chi connectivity index (χ0n) is 9.53. The smallest absolute Gasteiger partial charge is 0.00853 e. The third kappa shape index (κ3) is 6.54. The van der Waals surface area contributed by atoms with Gasteiger partial charge in [-0.25, -0.2) is 0 Å². The van der Waals surface area contributed by atoms with Crippen LogP contribution in [0.1, 0.15) is 65.7 Å². The van der Waals surface area contributed by atoms with Crippen LogP contribution in [0.4, 0.5) is 0 Å². The highest BCUT2D eigenvalue weighted by Gasteiger charge is 2.20. The molecule has 0 amide bonds. The Morgan fingerprint density at radius 2 is 1.62 bits per heavy atom. The van der Waals surface area contributed by atoms with Crippen molar-refractivity contribution in [3.8, 4) is 0 Å². The Hall–Kier alpha value is 0.480. The predicted molar refractivity (Wildman–Crippen MR) is 65.6 cm³/mol. The van der Waals surface area contributed by atoms with Crippen LogP contribution in [0.2, 0.25) is 0 Å². The van der Waals surface area contributed by atoms with Gasteiger partial charge in [0.2, 0.25) is 0 Å². The van der Waals surface area contributed by atoms with E-state index in [4.69, 9.17) is 0 Å². The van der Waals surface area contributed by atoms with E-state index in [2.05, 4.69) is 36.7 Å². The summed E-state index contributed by atoms with van der Waals surface area (Å²) < 4.78 is 0. The highest BCUT2D eigenvalue weighted by atomic mass is 79.9. The lowest BCUT2D eigenvalue weighted by Crippen LogP contribution is -2.17. The van der Waals surface area contributed by atoms with Gasteiger partial charge >= 0.3 is 0 Å². The summed E-state index contributed by atoms with van der Waals surface area (Å²) in [5.41, 5.74) is 0.558. The first kappa shape index (κ1) is 13.5. The molecule has 0 saturated heterocycles. The Bertz CT molecular complexity index is 112. The Labute approximate surface area is 92.6 Å². The molecular formula is C12H25Br. The molecule has 0 bridgehead atoms. The van der Waals surface area contributed by atoms with Crippen molar-refractivity contribution < 1.29 is 0 Å². The SMILES string of the molecule is CCCCCCC(C)(CBr)CCC. The van der Waals surface area contributed by atoms with Gasteiger partial charge in [-0.1, -0.05) is 68.8 Å². The van der Waals surface area contributed by atoms with Gasteiger partial charge in [0.05, 0.1) is 0 Å². The Kier molecular flexibility index (Phi) is 8.13. The number of hydrogen-bond acceptors (Lipinski definition) is 0. The van der Waals surface area contributed by atoms with E-state index in [1.165, 1.54) is 50.3 Å². The van der Waals surface area contributed by atoms with Gasteiger partial charge in [0, 0.05) is 5.33 Å². The standard InChI is InChI=1S/C12H25Br/c1-4-6-7-8-10-12(3,11-13)9-5-2/h4-11H2,1-3H3. The lowest BCUT2D eigenvalue weighted by atomic mass is 9.83. The van der Waals surface area contributed by atoms with Crippen molar-refractivity contribution >= 4 is 15.9 Å². The molecule has 0 heterocycles.